The van der Waals surface area contributed by atoms with Gasteiger partial charge in [-0.3, -0.25) is 9.78 Å². The van der Waals surface area contributed by atoms with E-state index in [4.69, 9.17) is 9.94 Å². The molecule has 2 aromatic carbocycles. The summed E-state index contributed by atoms with van der Waals surface area (Å²) >= 11 is 0. The van der Waals surface area contributed by atoms with Crippen LogP contribution in [0.25, 0.3) is 11.1 Å². The number of benzene rings is 2. The highest BCUT2D eigenvalue weighted by Crippen LogP contribution is 2.29. The number of oxime groups is 1. The minimum absolute atomic E-state index is 0.0664. The first-order valence-electron chi connectivity index (χ1n) is 10.1. The molecule has 0 saturated heterocycles. The monoisotopic (exact) mass is 441 g/mol. The summed E-state index contributed by atoms with van der Waals surface area (Å²) in [4.78, 5) is 32.9. The number of pyridine rings is 1. The Hall–Kier alpha value is -4.71. The summed E-state index contributed by atoms with van der Waals surface area (Å²) in [6, 6.07) is 17.9. The fraction of sp³-hybridized carbons (Fsp3) is 0.125. The van der Waals surface area contributed by atoms with Crippen LogP contribution in [0, 0.1) is 11.3 Å². The molecular formula is C24H19N5O4. The molecule has 0 bridgehead atoms. The Morgan fingerprint density at radius 3 is 2.64 bits per heavy atom. The van der Waals surface area contributed by atoms with Crippen molar-refractivity contribution in [2.24, 2.45) is 5.16 Å². The number of hydrogen-bond donors (Lipinski definition) is 3. The maximum Gasteiger partial charge on any atom is 0.404 e. The van der Waals surface area contributed by atoms with Crippen LogP contribution < -0.4 is 10.6 Å². The van der Waals surface area contributed by atoms with E-state index in [9.17, 15) is 14.9 Å². The maximum absolute atomic E-state index is 12.6. The van der Waals surface area contributed by atoms with Gasteiger partial charge < -0.3 is 20.6 Å². The van der Waals surface area contributed by atoms with Gasteiger partial charge >= 0.3 is 6.09 Å². The van der Waals surface area contributed by atoms with Gasteiger partial charge in [0.1, 0.15) is 0 Å². The predicted octanol–water partition coefficient (Wildman–Crippen LogP) is 3.52. The molecular weight excluding hydrogens is 422 g/mol. The molecule has 0 fully saturated rings. The summed E-state index contributed by atoms with van der Waals surface area (Å²) in [6.45, 7) is 0.0664. The van der Waals surface area contributed by atoms with Crippen molar-refractivity contribution in [3.63, 3.8) is 0 Å². The van der Waals surface area contributed by atoms with Crippen LogP contribution >= 0.6 is 0 Å². The van der Waals surface area contributed by atoms with Crippen LogP contribution in [0.4, 0.5) is 10.5 Å². The number of amides is 2. The number of hydrogen-bond acceptors (Lipinski definition) is 6. The van der Waals surface area contributed by atoms with Gasteiger partial charge in [0.2, 0.25) is 6.10 Å². The second kappa shape index (κ2) is 9.62. The molecule has 3 aromatic rings. The lowest BCUT2D eigenvalue weighted by molar-refractivity contribution is -0.125. The quantitative estimate of drug-likeness (QED) is 0.535. The lowest BCUT2D eigenvalue weighted by Gasteiger charge is -2.13. The lowest BCUT2D eigenvalue weighted by atomic mass is 9.94. The summed E-state index contributed by atoms with van der Waals surface area (Å²) in [6.07, 6.45) is 1.78. The fourth-order valence-corrected chi connectivity index (χ4v) is 3.52. The van der Waals surface area contributed by atoms with Gasteiger partial charge in [0.05, 0.1) is 17.3 Å². The predicted molar refractivity (Wildman–Crippen MR) is 120 cm³/mol. The molecule has 0 radical (unpaired) electrons. The maximum atomic E-state index is 12.6. The molecule has 9 heteroatoms. The van der Waals surface area contributed by atoms with E-state index < -0.39 is 12.2 Å². The second-order valence-electron chi connectivity index (χ2n) is 7.25. The molecule has 2 amide bonds. The lowest BCUT2D eigenvalue weighted by Crippen LogP contribution is -2.28. The van der Waals surface area contributed by atoms with E-state index in [0.717, 1.165) is 11.1 Å². The minimum atomic E-state index is -1.15. The van der Waals surface area contributed by atoms with Gasteiger partial charge in [0.25, 0.3) is 5.91 Å². The third kappa shape index (κ3) is 4.97. The molecule has 164 valence electrons. The molecule has 3 N–H and O–H groups in total. The number of nitrogens with zero attached hydrogens (tertiary/aromatic N) is 3. The molecule has 0 spiro atoms. The van der Waals surface area contributed by atoms with Crippen LogP contribution in [0.3, 0.4) is 0 Å². The van der Waals surface area contributed by atoms with Crippen molar-refractivity contribution >= 4 is 23.4 Å². The summed E-state index contributed by atoms with van der Waals surface area (Å²) in [5.41, 5.74) is 4.49. The van der Waals surface area contributed by atoms with Gasteiger partial charge in [0.15, 0.2) is 0 Å². The molecule has 0 saturated carbocycles. The molecule has 1 aliphatic heterocycles. The molecule has 1 aliphatic rings. The Balaban J connectivity index is 1.46. The summed E-state index contributed by atoms with van der Waals surface area (Å²) in [7, 11) is 0. The average Bonchev–Trinajstić information content (AvgIpc) is 3.34. The van der Waals surface area contributed by atoms with E-state index >= 15 is 0 Å². The normalized spacial score (nSPS) is 14.5. The largest absolute Gasteiger partial charge is 0.465 e. The Labute approximate surface area is 189 Å². The third-order valence-electron chi connectivity index (χ3n) is 5.10. The Bertz CT molecular complexity index is 1250. The minimum Gasteiger partial charge on any atom is -0.465 e. The number of carbonyl (C=O) groups excluding carboxylic acids is 1. The van der Waals surface area contributed by atoms with Crippen LogP contribution in [-0.2, 0) is 16.2 Å². The van der Waals surface area contributed by atoms with E-state index in [1.807, 2.05) is 6.07 Å². The van der Waals surface area contributed by atoms with Gasteiger partial charge in [-0.2, -0.15) is 5.26 Å². The van der Waals surface area contributed by atoms with Gasteiger partial charge in [-0.25, -0.2) is 4.79 Å². The molecule has 0 aliphatic carbocycles. The van der Waals surface area contributed by atoms with Crippen molar-refractivity contribution < 1.29 is 19.5 Å². The zero-order valence-electron chi connectivity index (χ0n) is 17.4. The first-order chi connectivity index (χ1) is 16.0. The SMILES string of the molecule is N#Cc1cccc(CNC(=O)O)c1-c1ccc(NC(=O)C2CC(c3cccnc3)=NO2)cc1. The van der Waals surface area contributed by atoms with Crippen molar-refractivity contribution in [2.45, 2.75) is 19.1 Å². The van der Waals surface area contributed by atoms with Gasteiger partial charge in [-0.05, 0) is 41.5 Å². The van der Waals surface area contributed by atoms with E-state index in [1.54, 1.807) is 60.9 Å². The number of aromatic nitrogens is 1. The Morgan fingerprint density at radius 2 is 1.94 bits per heavy atom. The first-order valence-corrected chi connectivity index (χ1v) is 10.1. The number of carbonyl (C=O) groups is 2. The standard InChI is InChI=1S/C24H19N5O4/c25-12-16-3-1-4-18(14-27-24(31)32)22(16)15-6-8-19(9-7-15)28-23(30)21-11-20(29-33-21)17-5-2-10-26-13-17/h1-10,13,21,27H,11,14H2,(H,28,30)(H,31,32). The van der Waals surface area contributed by atoms with Gasteiger partial charge in [-0.15, -0.1) is 0 Å². The molecule has 1 atom stereocenters. The highest BCUT2D eigenvalue weighted by molar-refractivity contribution is 6.06. The molecule has 1 aromatic heterocycles. The zero-order chi connectivity index (χ0) is 23.2. The number of carboxylic acid groups (broad SMARTS) is 1. The van der Waals surface area contributed by atoms with Crippen molar-refractivity contribution in [1.82, 2.24) is 10.3 Å². The van der Waals surface area contributed by atoms with Crippen molar-refractivity contribution in [2.75, 3.05) is 5.32 Å². The van der Waals surface area contributed by atoms with E-state index in [1.165, 1.54) is 0 Å². The smallest absolute Gasteiger partial charge is 0.404 e. The van der Waals surface area contributed by atoms with E-state index in [0.29, 0.717) is 34.5 Å². The summed E-state index contributed by atoms with van der Waals surface area (Å²) in [5.74, 6) is -0.325. The second-order valence-corrected chi connectivity index (χ2v) is 7.25. The summed E-state index contributed by atoms with van der Waals surface area (Å²) < 4.78 is 0. The molecule has 33 heavy (non-hydrogen) atoms. The van der Waals surface area contributed by atoms with Crippen LogP contribution in [0.5, 0.6) is 0 Å². The summed E-state index contributed by atoms with van der Waals surface area (Å²) in [5, 5.41) is 27.6. The van der Waals surface area contributed by atoms with Crippen LogP contribution in [0.1, 0.15) is 23.1 Å². The fourth-order valence-electron chi connectivity index (χ4n) is 3.52. The van der Waals surface area contributed by atoms with E-state index in [-0.39, 0.29) is 12.5 Å². The Morgan fingerprint density at radius 1 is 1.12 bits per heavy atom. The third-order valence-corrected chi connectivity index (χ3v) is 5.10. The van der Waals surface area contributed by atoms with Crippen molar-refractivity contribution in [3.8, 4) is 17.2 Å². The highest BCUT2D eigenvalue weighted by atomic mass is 16.6. The van der Waals surface area contributed by atoms with Crippen LogP contribution in [-0.4, -0.2) is 33.9 Å². The number of rotatable bonds is 6. The molecule has 4 rings (SSSR count). The van der Waals surface area contributed by atoms with Gasteiger partial charge in [0, 0.05) is 42.2 Å². The number of nitriles is 1. The van der Waals surface area contributed by atoms with E-state index in [2.05, 4.69) is 26.8 Å². The first kappa shape index (κ1) is 21.5. The van der Waals surface area contributed by atoms with Crippen LogP contribution in [0.2, 0.25) is 0 Å². The molecule has 1 unspecified atom stereocenters. The zero-order valence-corrected chi connectivity index (χ0v) is 17.4. The van der Waals surface area contributed by atoms with Crippen LogP contribution in [0.15, 0.2) is 72.1 Å². The van der Waals surface area contributed by atoms with Crippen molar-refractivity contribution in [3.05, 3.63) is 83.7 Å². The van der Waals surface area contributed by atoms with Crippen molar-refractivity contribution in [1.29, 1.82) is 5.26 Å². The van der Waals surface area contributed by atoms with Gasteiger partial charge in [-0.1, -0.05) is 29.4 Å². The topological polar surface area (TPSA) is 137 Å². The molecule has 2 heterocycles. The highest BCUT2D eigenvalue weighted by Gasteiger charge is 2.29. The number of nitrogens with one attached hydrogen (secondary N) is 2. The number of anilines is 1. The average molecular weight is 441 g/mol. The Kier molecular flexibility index (Phi) is 6.27. The molecule has 9 nitrogen and oxygen atoms in total.